The van der Waals surface area contributed by atoms with Crippen LogP contribution in [0.15, 0.2) is 18.2 Å². The lowest BCUT2D eigenvalue weighted by molar-refractivity contribution is -0.139. The number of hydrogen-bond acceptors (Lipinski definition) is 2. The molecule has 84 valence electrons. The normalized spacial score (nSPS) is 30.7. The maximum Gasteiger partial charge on any atom is 0.307 e. The van der Waals surface area contributed by atoms with Crippen LogP contribution in [0.25, 0.3) is 0 Å². The van der Waals surface area contributed by atoms with Gasteiger partial charge in [-0.1, -0.05) is 11.6 Å². The number of rotatable bonds is 1. The minimum atomic E-state index is -0.687. The van der Waals surface area contributed by atoms with E-state index >= 15 is 0 Å². The van der Waals surface area contributed by atoms with Crippen molar-refractivity contribution in [2.45, 2.75) is 18.3 Å². The van der Waals surface area contributed by atoms with E-state index in [4.69, 9.17) is 16.7 Å². The molecule has 3 rings (SSSR count). The Balaban J connectivity index is 2.07. The van der Waals surface area contributed by atoms with Crippen molar-refractivity contribution in [1.29, 1.82) is 0 Å². The van der Waals surface area contributed by atoms with E-state index in [-0.39, 0.29) is 11.3 Å². The summed E-state index contributed by atoms with van der Waals surface area (Å²) in [4.78, 5) is 11.1. The average Bonchev–Trinajstić information content (AvgIpc) is 2.96. The average molecular weight is 238 g/mol. The number of anilines is 1. The van der Waals surface area contributed by atoms with Gasteiger partial charge in [0, 0.05) is 22.7 Å². The lowest BCUT2D eigenvalue weighted by Gasteiger charge is -2.27. The third-order valence-electron chi connectivity index (χ3n) is 3.78. The second-order valence-electron chi connectivity index (χ2n) is 4.62. The number of fused-ring (bicyclic) bond motifs is 2. The first-order chi connectivity index (χ1) is 7.63. The molecule has 1 heterocycles. The molecular formula is C12H12ClNO2. The molecule has 1 saturated carbocycles. The van der Waals surface area contributed by atoms with Crippen LogP contribution in [0.5, 0.6) is 0 Å². The smallest absolute Gasteiger partial charge is 0.307 e. The van der Waals surface area contributed by atoms with Gasteiger partial charge in [-0.05, 0) is 36.6 Å². The van der Waals surface area contributed by atoms with E-state index in [1.54, 1.807) is 0 Å². The largest absolute Gasteiger partial charge is 0.481 e. The Kier molecular flexibility index (Phi) is 1.96. The standard InChI is InChI=1S/C12H12ClNO2/c13-7-1-2-10-8(5-7)12(3-4-14-10)6-9(12)11(15)16/h1-2,5,9,14H,3-4,6H2,(H,15,16). The molecule has 0 aromatic heterocycles. The molecule has 1 fully saturated rings. The van der Waals surface area contributed by atoms with Crippen molar-refractivity contribution in [1.82, 2.24) is 0 Å². The van der Waals surface area contributed by atoms with Crippen LogP contribution in [0.2, 0.25) is 5.02 Å². The number of aliphatic carboxylic acids is 1. The second kappa shape index (κ2) is 3.14. The van der Waals surface area contributed by atoms with Gasteiger partial charge in [-0.25, -0.2) is 0 Å². The molecule has 2 N–H and O–H groups in total. The van der Waals surface area contributed by atoms with Crippen molar-refractivity contribution in [2.75, 3.05) is 11.9 Å². The van der Waals surface area contributed by atoms with Crippen molar-refractivity contribution < 1.29 is 9.90 Å². The Bertz CT molecular complexity index is 474. The molecule has 2 aliphatic rings. The summed E-state index contributed by atoms with van der Waals surface area (Å²) in [5.41, 5.74) is 1.97. The van der Waals surface area contributed by atoms with Crippen LogP contribution >= 0.6 is 11.6 Å². The third-order valence-corrected chi connectivity index (χ3v) is 4.01. The highest BCUT2D eigenvalue weighted by atomic mass is 35.5. The van der Waals surface area contributed by atoms with Crippen molar-refractivity contribution in [2.24, 2.45) is 5.92 Å². The number of benzene rings is 1. The number of halogens is 1. The first-order valence-electron chi connectivity index (χ1n) is 5.40. The molecule has 1 aromatic carbocycles. The molecule has 0 amide bonds. The third kappa shape index (κ3) is 1.24. The van der Waals surface area contributed by atoms with Gasteiger partial charge in [0.1, 0.15) is 0 Å². The van der Waals surface area contributed by atoms with Crippen molar-refractivity contribution in [3.8, 4) is 0 Å². The first kappa shape index (κ1) is 9.97. The minimum Gasteiger partial charge on any atom is -0.481 e. The molecular weight excluding hydrogens is 226 g/mol. The Morgan fingerprint density at radius 2 is 2.38 bits per heavy atom. The summed E-state index contributed by atoms with van der Waals surface area (Å²) in [6.07, 6.45) is 1.63. The predicted octanol–water partition coefficient (Wildman–Crippen LogP) is 2.50. The lowest BCUT2D eigenvalue weighted by atomic mass is 9.85. The predicted molar refractivity (Wildman–Crippen MR) is 62.0 cm³/mol. The molecule has 3 nitrogen and oxygen atoms in total. The van der Waals surface area contributed by atoms with Crippen LogP contribution < -0.4 is 5.32 Å². The summed E-state index contributed by atoms with van der Waals surface area (Å²) >= 11 is 5.98. The van der Waals surface area contributed by atoms with E-state index in [0.29, 0.717) is 5.02 Å². The van der Waals surface area contributed by atoms with E-state index in [0.717, 1.165) is 30.6 Å². The summed E-state index contributed by atoms with van der Waals surface area (Å²) in [6.45, 7) is 0.846. The van der Waals surface area contributed by atoms with Crippen LogP contribution in [0.1, 0.15) is 18.4 Å². The fraction of sp³-hybridized carbons (Fsp3) is 0.417. The summed E-state index contributed by atoms with van der Waals surface area (Å²) in [5, 5.41) is 13.1. The minimum absolute atomic E-state index is 0.155. The van der Waals surface area contributed by atoms with E-state index < -0.39 is 5.97 Å². The van der Waals surface area contributed by atoms with Gasteiger partial charge in [-0.15, -0.1) is 0 Å². The number of hydrogen-bond donors (Lipinski definition) is 2. The Morgan fingerprint density at radius 1 is 1.56 bits per heavy atom. The molecule has 16 heavy (non-hydrogen) atoms. The summed E-state index contributed by atoms with van der Waals surface area (Å²) in [7, 11) is 0. The zero-order chi connectivity index (χ0) is 11.3. The molecule has 1 aromatic rings. The van der Waals surface area contributed by atoms with Gasteiger partial charge in [0.2, 0.25) is 0 Å². The first-order valence-corrected chi connectivity index (χ1v) is 5.78. The molecule has 0 bridgehead atoms. The van der Waals surface area contributed by atoms with Crippen LogP contribution in [-0.4, -0.2) is 17.6 Å². The van der Waals surface area contributed by atoms with Gasteiger partial charge in [-0.2, -0.15) is 0 Å². The van der Waals surface area contributed by atoms with Crippen molar-refractivity contribution >= 4 is 23.3 Å². The highest BCUT2D eigenvalue weighted by Gasteiger charge is 2.60. The maximum atomic E-state index is 11.1. The molecule has 2 atom stereocenters. The van der Waals surface area contributed by atoms with Gasteiger partial charge in [0.15, 0.2) is 0 Å². The van der Waals surface area contributed by atoms with Gasteiger partial charge in [0.05, 0.1) is 5.92 Å². The fourth-order valence-corrected chi connectivity index (χ4v) is 3.01. The van der Waals surface area contributed by atoms with Crippen LogP contribution in [0, 0.1) is 5.92 Å². The molecule has 1 spiro atoms. The fourth-order valence-electron chi connectivity index (χ4n) is 2.84. The number of carboxylic acid groups (broad SMARTS) is 1. The second-order valence-corrected chi connectivity index (χ2v) is 5.05. The monoisotopic (exact) mass is 237 g/mol. The van der Waals surface area contributed by atoms with Crippen molar-refractivity contribution in [3.05, 3.63) is 28.8 Å². The van der Waals surface area contributed by atoms with Crippen LogP contribution in [0.4, 0.5) is 5.69 Å². The zero-order valence-electron chi connectivity index (χ0n) is 8.66. The lowest BCUT2D eigenvalue weighted by Crippen LogP contribution is -2.25. The zero-order valence-corrected chi connectivity index (χ0v) is 9.42. The quantitative estimate of drug-likeness (QED) is 0.789. The SMILES string of the molecule is O=C(O)C1CC12CCNc1ccc(Cl)cc12. The van der Waals surface area contributed by atoms with Gasteiger partial charge in [-0.3, -0.25) is 4.79 Å². The summed E-state index contributed by atoms with van der Waals surface area (Å²) < 4.78 is 0. The molecule has 2 unspecified atom stereocenters. The van der Waals surface area contributed by atoms with Crippen LogP contribution in [0.3, 0.4) is 0 Å². The van der Waals surface area contributed by atoms with E-state index in [1.807, 2.05) is 18.2 Å². The van der Waals surface area contributed by atoms with Gasteiger partial charge in [0.25, 0.3) is 0 Å². The Hall–Kier alpha value is -1.22. The number of nitrogens with one attached hydrogen (secondary N) is 1. The number of carbonyl (C=O) groups is 1. The Labute approximate surface area is 98.4 Å². The van der Waals surface area contributed by atoms with Crippen molar-refractivity contribution in [3.63, 3.8) is 0 Å². The highest BCUT2D eigenvalue weighted by Crippen LogP contribution is 2.60. The van der Waals surface area contributed by atoms with Gasteiger partial charge < -0.3 is 10.4 Å². The number of carboxylic acids is 1. The molecule has 1 aliphatic heterocycles. The maximum absolute atomic E-state index is 11.1. The molecule has 1 aliphatic carbocycles. The van der Waals surface area contributed by atoms with E-state index in [9.17, 15) is 4.79 Å². The van der Waals surface area contributed by atoms with E-state index in [1.165, 1.54) is 0 Å². The van der Waals surface area contributed by atoms with E-state index in [2.05, 4.69) is 5.32 Å². The topological polar surface area (TPSA) is 49.3 Å². The van der Waals surface area contributed by atoms with Gasteiger partial charge >= 0.3 is 5.97 Å². The summed E-state index contributed by atoms with van der Waals surface area (Å²) in [5.74, 6) is -0.917. The molecule has 4 heteroatoms. The Morgan fingerprint density at radius 3 is 3.06 bits per heavy atom. The molecule has 0 saturated heterocycles. The highest BCUT2D eigenvalue weighted by molar-refractivity contribution is 6.30. The van der Waals surface area contributed by atoms with Crippen LogP contribution in [-0.2, 0) is 10.2 Å². The molecule has 0 radical (unpaired) electrons. The summed E-state index contributed by atoms with van der Waals surface area (Å²) in [6, 6.07) is 5.69.